The highest BCUT2D eigenvalue weighted by molar-refractivity contribution is 7.97. The summed E-state index contributed by atoms with van der Waals surface area (Å²) in [6.07, 6.45) is 3.57. The van der Waals surface area contributed by atoms with E-state index in [0.29, 0.717) is 34.7 Å². The molecule has 1 unspecified atom stereocenters. The van der Waals surface area contributed by atoms with Gasteiger partial charge < -0.3 is 9.29 Å². The second kappa shape index (κ2) is 9.67. The number of fused-ring (bicyclic) bond motifs is 1. The molecule has 0 saturated carbocycles. The van der Waals surface area contributed by atoms with Gasteiger partial charge >= 0.3 is 0 Å². The molecule has 0 N–H and O–H groups in total. The number of methoxy groups -OCH3 is 1. The van der Waals surface area contributed by atoms with Crippen LogP contribution in [0.2, 0.25) is 5.02 Å². The number of benzene rings is 2. The van der Waals surface area contributed by atoms with E-state index in [4.69, 9.17) is 16.3 Å². The van der Waals surface area contributed by atoms with Crippen molar-refractivity contribution >= 4 is 40.5 Å². The first-order valence-corrected chi connectivity index (χ1v) is 11.3. The van der Waals surface area contributed by atoms with Gasteiger partial charge in [0.1, 0.15) is 17.2 Å². The van der Waals surface area contributed by atoms with Crippen LogP contribution in [0.1, 0.15) is 27.0 Å². The number of rotatable bonds is 3. The van der Waals surface area contributed by atoms with Crippen LogP contribution in [0, 0.1) is 17.7 Å². The molecule has 2 heterocycles. The fourth-order valence-electron chi connectivity index (χ4n) is 3.31. The third-order valence-electron chi connectivity index (χ3n) is 5.02. The van der Waals surface area contributed by atoms with Crippen molar-refractivity contribution < 1.29 is 18.5 Å². The van der Waals surface area contributed by atoms with Gasteiger partial charge in [-0.3, -0.25) is 4.79 Å². The predicted octanol–water partition coefficient (Wildman–Crippen LogP) is 4.81. The molecule has 3 aromatic rings. The van der Waals surface area contributed by atoms with Gasteiger partial charge in [0, 0.05) is 30.3 Å². The van der Waals surface area contributed by atoms with Crippen LogP contribution < -0.4 is 9.04 Å². The van der Waals surface area contributed by atoms with Crippen LogP contribution in [0.15, 0.2) is 59.6 Å². The first kappa shape index (κ1) is 22.9. The van der Waals surface area contributed by atoms with Crippen LogP contribution in [0.5, 0.6) is 5.88 Å². The van der Waals surface area contributed by atoms with E-state index in [-0.39, 0.29) is 15.7 Å². The van der Waals surface area contributed by atoms with E-state index >= 15 is 0 Å². The standard InChI is InChI=1S/C25H18ClFN2O3S/c1-29-22-9-7-16(4-3-5-17-10-11-28-24(15-17)32-2)12-19(22)25(30)23(33(29)31)14-18-6-8-20(26)21(27)13-18/h6-15H,5H2,1-2H3/b23-14+. The molecule has 1 aliphatic rings. The van der Waals surface area contributed by atoms with Crippen molar-refractivity contribution in [1.82, 2.24) is 4.98 Å². The maximum atomic E-state index is 13.8. The van der Waals surface area contributed by atoms with Crippen LogP contribution in [-0.4, -0.2) is 29.5 Å². The fourth-order valence-corrected chi connectivity index (χ4v) is 4.56. The van der Waals surface area contributed by atoms with Crippen LogP contribution in [0.3, 0.4) is 0 Å². The molecule has 1 aromatic heterocycles. The van der Waals surface area contributed by atoms with Gasteiger partial charge in [-0.25, -0.2) is 9.37 Å². The Kier molecular flexibility index (Phi) is 6.70. The first-order valence-electron chi connectivity index (χ1n) is 9.86. The number of hydrogen-bond donors (Lipinski definition) is 0. The molecule has 0 saturated heterocycles. The molecule has 1 aliphatic heterocycles. The van der Waals surface area contributed by atoms with Crippen molar-refractivity contribution in [2.45, 2.75) is 6.42 Å². The lowest BCUT2D eigenvalue weighted by Gasteiger charge is -2.29. The van der Waals surface area contributed by atoms with Crippen LogP contribution in [0.4, 0.5) is 10.1 Å². The molecular weight excluding hydrogens is 463 g/mol. The van der Waals surface area contributed by atoms with Crippen molar-refractivity contribution in [3.05, 3.63) is 92.7 Å². The molecule has 33 heavy (non-hydrogen) atoms. The van der Waals surface area contributed by atoms with Crippen LogP contribution in [-0.2, 0) is 17.8 Å². The topological polar surface area (TPSA) is 65.5 Å². The average Bonchev–Trinajstić information content (AvgIpc) is 2.82. The zero-order valence-electron chi connectivity index (χ0n) is 17.8. The first-order chi connectivity index (χ1) is 15.9. The molecule has 0 amide bonds. The zero-order valence-corrected chi connectivity index (χ0v) is 19.3. The van der Waals surface area contributed by atoms with E-state index in [9.17, 15) is 13.7 Å². The van der Waals surface area contributed by atoms with Crippen LogP contribution >= 0.6 is 11.6 Å². The summed E-state index contributed by atoms with van der Waals surface area (Å²) >= 11 is 4.00. The van der Waals surface area contributed by atoms with Gasteiger partial charge in [-0.1, -0.05) is 29.5 Å². The number of Topliss-reactive ketones (excluding diaryl/α,β-unsaturated/α-hetero) is 1. The summed E-state index contributed by atoms with van der Waals surface area (Å²) in [7, 11) is 3.19. The summed E-state index contributed by atoms with van der Waals surface area (Å²) in [4.78, 5) is 17.3. The highest BCUT2D eigenvalue weighted by Crippen LogP contribution is 2.35. The third kappa shape index (κ3) is 4.88. The van der Waals surface area contributed by atoms with E-state index in [1.54, 1.807) is 44.6 Å². The Balaban J connectivity index is 1.63. The molecule has 5 nitrogen and oxygen atoms in total. The molecule has 1 atom stereocenters. The Bertz CT molecular complexity index is 1330. The lowest BCUT2D eigenvalue weighted by atomic mass is 10.0. The van der Waals surface area contributed by atoms with E-state index in [0.717, 1.165) is 5.56 Å². The van der Waals surface area contributed by atoms with E-state index < -0.39 is 17.2 Å². The monoisotopic (exact) mass is 480 g/mol. The number of halogens is 2. The lowest BCUT2D eigenvalue weighted by Crippen LogP contribution is -2.36. The number of aromatic nitrogens is 1. The molecule has 4 rings (SSSR count). The maximum absolute atomic E-state index is 13.8. The predicted molar refractivity (Wildman–Crippen MR) is 128 cm³/mol. The van der Waals surface area contributed by atoms with Crippen molar-refractivity contribution in [1.29, 1.82) is 0 Å². The van der Waals surface area contributed by atoms with Gasteiger partial charge in [-0.05, 0) is 47.5 Å². The summed E-state index contributed by atoms with van der Waals surface area (Å²) < 4.78 is 33.4. The number of nitrogens with zero attached hydrogens (tertiary/aromatic N) is 2. The summed E-state index contributed by atoms with van der Waals surface area (Å²) in [5.74, 6) is 5.67. The summed E-state index contributed by atoms with van der Waals surface area (Å²) in [5, 5.41) is -0.0240. The van der Waals surface area contributed by atoms with Crippen molar-refractivity contribution in [2.24, 2.45) is 0 Å². The van der Waals surface area contributed by atoms with Crippen molar-refractivity contribution in [3.63, 3.8) is 0 Å². The lowest BCUT2D eigenvalue weighted by molar-refractivity contribution is 0.104. The van der Waals surface area contributed by atoms with E-state index in [2.05, 4.69) is 16.8 Å². The number of hydrogen-bond acceptors (Lipinski definition) is 5. The number of carbonyl (C=O) groups excluding carboxylic acids is 1. The number of allylic oxidation sites excluding steroid dienone is 1. The molecule has 8 heteroatoms. The minimum atomic E-state index is -1.73. The molecule has 2 aromatic carbocycles. The van der Waals surface area contributed by atoms with Gasteiger partial charge in [0.15, 0.2) is 0 Å². The fraction of sp³-hybridized carbons (Fsp3) is 0.120. The second-order valence-corrected chi connectivity index (χ2v) is 9.07. The van der Waals surface area contributed by atoms with Gasteiger partial charge in [0.25, 0.3) is 0 Å². The smallest absolute Gasteiger partial charge is 0.245 e. The molecule has 0 aliphatic carbocycles. The second-order valence-electron chi connectivity index (χ2n) is 7.17. The molecule has 0 spiro atoms. The highest BCUT2D eigenvalue weighted by Gasteiger charge is 2.38. The molecule has 166 valence electrons. The average molecular weight is 481 g/mol. The summed E-state index contributed by atoms with van der Waals surface area (Å²) in [6.45, 7) is 0. The normalized spacial score (nSPS) is 16.3. The van der Waals surface area contributed by atoms with Gasteiger partial charge in [-0.15, -0.1) is 0 Å². The maximum Gasteiger partial charge on any atom is 0.245 e. The van der Waals surface area contributed by atoms with Crippen LogP contribution in [0.25, 0.3) is 6.08 Å². The minimum Gasteiger partial charge on any atom is -0.588 e. The molecule has 0 fully saturated rings. The number of ether oxygens (including phenoxy) is 1. The van der Waals surface area contributed by atoms with Gasteiger partial charge in [0.05, 0.1) is 30.4 Å². The minimum absolute atomic E-state index is 0.0240. The molecule has 0 radical (unpaired) electrons. The number of anilines is 1. The number of pyridine rings is 1. The van der Waals surface area contributed by atoms with E-state index in [1.807, 2.05) is 12.1 Å². The third-order valence-corrected chi connectivity index (χ3v) is 6.70. The zero-order chi connectivity index (χ0) is 23.5. The van der Waals surface area contributed by atoms with E-state index in [1.165, 1.54) is 22.5 Å². The largest absolute Gasteiger partial charge is 0.588 e. The summed E-state index contributed by atoms with van der Waals surface area (Å²) in [5.41, 5.74) is 2.94. The molecule has 0 bridgehead atoms. The Morgan fingerprint density at radius 2 is 2.06 bits per heavy atom. The Morgan fingerprint density at radius 1 is 1.24 bits per heavy atom. The van der Waals surface area contributed by atoms with Crippen molar-refractivity contribution in [3.8, 4) is 17.7 Å². The van der Waals surface area contributed by atoms with Crippen molar-refractivity contribution in [2.75, 3.05) is 18.5 Å². The van der Waals surface area contributed by atoms with Gasteiger partial charge in [-0.2, -0.15) is 4.31 Å². The molecular formula is C25H18ClFN2O3S. The SMILES string of the molecule is COc1cc(CC#Cc2ccc3c(c2)C(=O)/C(=C\c2ccc(Cl)c(F)c2)[S+]([O-])N3C)ccn1. The quantitative estimate of drug-likeness (QED) is 0.305. The number of ketones is 1. The highest BCUT2D eigenvalue weighted by atomic mass is 35.5. The Labute approximate surface area is 199 Å². The summed E-state index contributed by atoms with van der Waals surface area (Å²) in [6, 6.07) is 13.0. The number of carbonyl (C=O) groups is 1. The Hall–Kier alpha value is -3.31. The van der Waals surface area contributed by atoms with Gasteiger partial charge in [0.2, 0.25) is 16.6 Å². The Morgan fingerprint density at radius 3 is 2.82 bits per heavy atom.